The summed E-state index contributed by atoms with van der Waals surface area (Å²) in [6, 6.07) is 9.78. The number of Topliss-reactive ketones (excluding diaryl/α,β-unsaturated/α-hetero) is 2. The number of nitrogens with zero attached hydrogens (tertiary/aromatic N) is 2. The summed E-state index contributed by atoms with van der Waals surface area (Å²) in [5.74, 6) is -6.99. The Bertz CT molecular complexity index is 1770. The van der Waals surface area contributed by atoms with Gasteiger partial charge in [-0.1, -0.05) is 18.2 Å². The van der Waals surface area contributed by atoms with Gasteiger partial charge in [-0.2, -0.15) is 0 Å². The van der Waals surface area contributed by atoms with E-state index < -0.39 is 58.0 Å². The van der Waals surface area contributed by atoms with Gasteiger partial charge in [-0.3, -0.25) is 24.1 Å². The van der Waals surface area contributed by atoms with E-state index >= 15 is 0 Å². The zero-order chi connectivity index (χ0) is 35.4. The van der Waals surface area contributed by atoms with Crippen LogP contribution in [0, 0.1) is 17.8 Å². The zero-order valence-corrected chi connectivity index (χ0v) is 27.7. The van der Waals surface area contributed by atoms with E-state index in [1.807, 2.05) is 24.3 Å². The van der Waals surface area contributed by atoms with Crippen LogP contribution >= 0.6 is 0 Å². The van der Waals surface area contributed by atoms with Gasteiger partial charge in [-0.15, -0.1) is 0 Å². The van der Waals surface area contributed by atoms with E-state index in [4.69, 9.17) is 10.5 Å². The number of fused-ring (bicyclic) bond motifs is 3. The number of nitrogens with one attached hydrogen (secondary N) is 1. The van der Waals surface area contributed by atoms with Gasteiger partial charge in [0, 0.05) is 30.3 Å². The number of amides is 1. The molecular weight excluding hydrogens is 632 g/mol. The van der Waals surface area contributed by atoms with E-state index in [0.717, 1.165) is 43.7 Å². The van der Waals surface area contributed by atoms with Crippen LogP contribution in [0.25, 0.3) is 11.1 Å². The molecule has 0 aromatic heterocycles. The first kappa shape index (κ1) is 34.2. The molecule has 2 aromatic rings. The molecule has 6 rings (SSSR count). The number of anilines is 1. The lowest BCUT2D eigenvalue weighted by Gasteiger charge is -2.50. The fraction of sp³-hybridized carbons (Fsp3) is 0.444. The average molecular weight is 675 g/mol. The van der Waals surface area contributed by atoms with Crippen molar-refractivity contribution in [2.75, 3.05) is 52.7 Å². The van der Waals surface area contributed by atoms with E-state index in [2.05, 4.69) is 10.2 Å². The number of ether oxygens (including phenoxy) is 1. The number of piperidine rings is 1. The van der Waals surface area contributed by atoms with Crippen LogP contribution in [0.4, 0.5) is 5.69 Å². The van der Waals surface area contributed by atoms with Crippen molar-refractivity contribution in [3.63, 3.8) is 0 Å². The number of phenols is 1. The number of likely N-dealkylation sites (N-methyl/N-ethyl adjacent to an activating group) is 1. The summed E-state index contributed by atoms with van der Waals surface area (Å²) in [6.07, 6.45) is 1.78. The second-order valence-corrected chi connectivity index (χ2v) is 13.6. The molecule has 0 saturated carbocycles. The number of carbonyl (C=O) groups excluding carboxylic acids is 4. The van der Waals surface area contributed by atoms with Crippen LogP contribution < -0.4 is 11.1 Å². The van der Waals surface area contributed by atoms with Crippen LogP contribution in [0.1, 0.15) is 35.2 Å². The maximum absolute atomic E-state index is 14.1. The smallest absolute Gasteiger partial charge is 0.308 e. The molecule has 260 valence electrons. The number of aliphatic hydroxyl groups excluding tert-OH is 2. The van der Waals surface area contributed by atoms with Gasteiger partial charge in [0.15, 0.2) is 11.4 Å². The number of hydrogen-bond acceptors (Lipinski definition) is 12. The van der Waals surface area contributed by atoms with Crippen molar-refractivity contribution >= 4 is 29.1 Å². The maximum Gasteiger partial charge on any atom is 0.308 e. The summed E-state index contributed by atoms with van der Waals surface area (Å²) in [6.45, 7) is 3.20. The molecule has 4 aliphatic rings. The lowest BCUT2D eigenvalue weighted by molar-refractivity contribution is -0.148. The minimum atomic E-state index is -2.68. The van der Waals surface area contributed by atoms with E-state index in [0.29, 0.717) is 17.7 Å². The Morgan fingerprint density at radius 2 is 1.73 bits per heavy atom. The summed E-state index contributed by atoms with van der Waals surface area (Å²) in [7, 11) is 4.61. The van der Waals surface area contributed by atoms with Crippen LogP contribution in [0.2, 0.25) is 0 Å². The monoisotopic (exact) mass is 674 g/mol. The molecule has 0 spiro atoms. The summed E-state index contributed by atoms with van der Waals surface area (Å²) in [5.41, 5.74) is 4.64. The first-order valence-electron chi connectivity index (χ1n) is 16.4. The number of likely N-dealkylation sites (tertiary alicyclic amines) is 1. The van der Waals surface area contributed by atoms with Gasteiger partial charge >= 0.3 is 5.97 Å². The molecule has 1 saturated heterocycles. The van der Waals surface area contributed by atoms with E-state index in [9.17, 15) is 39.6 Å². The number of aromatic hydroxyl groups is 1. The summed E-state index contributed by atoms with van der Waals surface area (Å²) < 4.78 is 4.87. The molecule has 1 aliphatic heterocycles. The third-order valence-corrected chi connectivity index (χ3v) is 10.7. The highest BCUT2D eigenvalue weighted by atomic mass is 16.5. The molecule has 13 heteroatoms. The fourth-order valence-electron chi connectivity index (χ4n) is 8.21. The summed E-state index contributed by atoms with van der Waals surface area (Å²) in [4.78, 5) is 55.4. The minimum Gasteiger partial charge on any atom is -0.510 e. The molecule has 3 aliphatic carbocycles. The van der Waals surface area contributed by atoms with Crippen LogP contribution in [-0.2, 0) is 25.5 Å². The van der Waals surface area contributed by atoms with Crippen molar-refractivity contribution in [2.45, 2.75) is 37.3 Å². The van der Waals surface area contributed by atoms with Gasteiger partial charge in [0.05, 0.1) is 24.6 Å². The van der Waals surface area contributed by atoms with Crippen molar-refractivity contribution < 1.29 is 44.3 Å². The molecule has 1 fully saturated rings. The molecule has 49 heavy (non-hydrogen) atoms. The van der Waals surface area contributed by atoms with Crippen molar-refractivity contribution in [3.05, 3.63) is 70.2 Å². The molecule has 13 nitrogen and oxygen atoms in total. The Balaban J connectivity index is 1.25. The predicted molar refractivity (Wildman–Crippen MR) is 179 cm³/mol. The van der Waals surface area contributed by atoms with Crippen molar-refractivity contribution in [1.29, 1.82) is 0 Å². The number of ketones is 2. The largest absolute Gasteiger partial charge is 0.510 e. The number of aliphatic hydroxyl groups is 3. The number of methoxy groups -OCH3 is 1. The zero-order valence-electron chi connectivity index (χ0n) is 27.7. The number of rotatable bonds is 8. The first-order valence-corrected chi connectivity index (χ1v) is 16.4. The number of hydrogen-bond donors (Lipinski definition) is 6. The topological polar surface area (TPSA) is 203 Å². The Morgan fingerprint density at radius 3 is 2.35 bits per heavy atom. The quantitative estimate of drug-likeness (QED) is 0.176. The van der Waals surface area contributed by atoms with E-state index in [1.165, 1.54) is 18.1 Å². The molecule has 4 atom stereocenters. The number of benzene rings is 2. The Morgan fingerprint density at radius 1 is 1.06 bits per heavy atom. The second kappa shape index (κ2) is 13.0. The SMILES string of the molecule is COC(=O)C1CCN(CCNc2ccc(-c3ccc(O)c4c3C[C@H]3C[C@H]5C(N(C)C)C(O)=C(C(N)=O)C(=O)[C@@]5(O)C(O)=C3C4=O)cc2)CC1. The molecule has 1 unspecified atom stereocenters. The summed E-state index contributed by atoms with van der Waals surface area (Å²) >= 11 is 0. The second-order valence-electron chi connectivity index (χ2n) is 13.6. The minimum absolute atomic E-state index is 0.0179. The average Bonchev–Trinajstić information content (AvgIpc) is 3.06. The van der Waals surface area contributed by atoms with Crippen LogP contribution in [0.15, 0.2) is 59.1 Å². The number of primary amides is 1. The lowest BCUT2D eigenvalue weighted by atomic mass is 9.58. The number of carbonyl (C=O) groups is 4. The number of nitrogens with two attached hydrogens (primary N) is 1. The van der Waals surface area contributed by atoms with Crippen molar-refractivity contribution in [2.24, 2.45) is 23.5 Å². The molecule has 7 N–H and O–H groups in total. The number of phenolic OH excluding ortho intramolecular Hbond substituents is 1. The van der Waals surface area contributed by atoms with E-state index in [1.54, 1.807) is 20.2 Å². The molecule has 0 radical (unpaired) electrons. The normalized spacial score (nSPS) is 25.9. The predicted octanol–water partition coefficient (Wildman–Crippen LogP) is 2.08. The molecule has 2 aromatic carbocycles. The Hall–Kier alpha value is -4.72. The number of esters is 1. The summed E-state index contributed by atoms with van der Waals surface area (Å²) in [5, 5.41) is 48.6. The van der Waals surface area contributed by atoms with Crippen LogP contribution in [-0.4, -0.2) is 113 Å². The van der Waals surface area contributed by atoms with Gasteiger partial charge < -0.3 is 41.1 Å². The number of allylic oxidation sites excluding steroid dienone is 1. The first-order chi connectivity index (χ1) is 23.3. The highest BCUT2D eigenvalue weighted by Crippen LogP contribution is 2.53. The highest BCUT2D eigenvalue weighted by Gasteiger charge is 2.63. The van der Waals surface area contributed by atoms with Gasteiger partial charge in [-0.05, 0) is 93.7 Å². The van der Waals surface area contributed by atoms with Crippen LogP contribution in [0.3, 0.4) is 0 Å². The van der Waals surface area contributed by atoms with Gasteiger partial charge in [0.25, 0.3) is 5.91 Å². The maximum atomic E-state index is 14.1. The third-order valence-electron chi connectivity index (χ3n) is 10.7. The fourth-order valence-corrected chi connectivity index (χ4v) is 8.21. The van der Waals surface area contributed by atoms with Gasteiger partial charge in [0.1, 0.15) is 22.8 Å². The highest BCUT2D eigenvalue weighted by molar-refractivity contribution is 6.25. The lowest BCUT2D eigenvalue weighted by Crippen LogP contribution is -2.63. The molecule has 1 heterocycles. The van der Waals surface area contributed by atoms with Crippen molar-refractivity contribution in [1.82, 2.24) is 9.80 Å². The molecule has 0 bridgehead atoms. The van der Waals surface area contributed by atoms with Gasteiger partial charge in [-0.25, -0.2) is 0 Å². The van der Waals surface area contributed by atoms with Crippen molar-refractivity contribution in [3.8, 4) is 16.9 Å². The van der Waals surface area contributed by atoms with Gasteiger partial charge in [0.2, 0.25) is 5.78 Å². The standard InChI is InChI=1S/C36H42N4O9/c1-39(2)29-24-17-20-16-23-22(18-4-6-21(7-5-18)38-12-15-40-13-10-19(11-14-40)35(47)49-3)8-9-25(41)27(23)30(42)26(20)32(44)36(24,48)33(45)28(31(29)43)34(37)46/h4-9,19-20,24,29,38,41,43-44,48H,10-17H2,1-3H3,(H2,37,46)/t20-,24-,29?,36-/m0/s1. The van der Waals surface area contributed by atoms with Crippen LogP contribution in [0.5, 0.6) is 5.75 Å². The Kier molecular flexibility index (Phi) is 9.03. The molecule has 1 amide bonds. The molecular formula is C36H42N4O9. The van der Waals surface area contributed by atoms with E-state index in [-0.39, 0.29) is 41.6 Å². The Labute approximate surface area is 283 Å². The third kappa shape index (κ3) is 5.65.